The van der Waals surface area contributed by atoms with Crippen LogP contribution in [-0.4, -0.2) is 6.04 Å². The molecule has 2 aliphatic rings. The fraction of sp³-hybridized carbons (Fsp3) is 0.647. The summed E-state index contributed by atoms with van der Waals surface area (Å²) >= 11 is 0. The van der Waals surface area contributed by atoms with Gasteiger partial charge < -0.3 is 5.32 Å². The van der Waals surface area contributed by atoms with Gasteiger partial charge in [-0.05, 0) is 43.1 Å². The lowest BCUT2D eigenvalue weighted by Gasteiger charge is -2.33. The molecule has 0 heterocycles. The van der Waals surface area contributed by atoms with Crippen LogP contribution in [0.25, 0.3) is 0 Å². The van der Waals surface area contributed by atoms with Gasteiger partial charge >= 0.3 is 0 Å². The van der Waals surface area contributed by atoms with Crippen LogP contribution in [0.15, 0.2) is 30.3 Å². The van der Waals surface area contributed by atoms with Crippen LogP contribution in [0.3, 0.4) is 0 Å². The van der Waals surface area contributed by atoms with Crippen molar-refractivity contribution in [2.75, 3.05) is 0 Å². The monoisotopic (exact) mass is 243 g/mol. The standard InChI is InChI=1S/C17H25N/c1-13-7-5-6-10-16(13)18-17(15-11-12-15)14-8-3-2-4-9-14/h2-4,8-9,13,15-18H,5-7,10-12H2,1H3. The van der Waals surface area contributed by atoms with Crippen LogP contribution in [0.5, 0.6) is 0 Å². The second-order valence-corrected chi connectivity index (χ2v) is 6.26. The van der Waals surface area contributed by atoms with E-state index in [1.165, 1.54) is 44.1 Å². The van der Waals surface area contributed by atoms with Crippen molar-refractivity contribution in [3.63, 3.8) is 0 Å². The molecule has 3 rings (SSSR count). The van der Waals surface area contributed by atoms with Crippen molar-refractivity contribution in [1.29, 1.82) is 0 Å². The van der Waals surface area contributed by atoms with Gasteiger partial charge in [0.2, 0.25) is 0 Å². The summed E-state index contributed by atoms with van der Waals surface area (Å²) in [6.45, 7) is 2.42. The van der Waals surface area contributed by atoms with E-state index in [2.05, 4.69) is 42.6 Å². The summed E-state index contributed by atoms with van der Waals surface area (Å²) in [5.74, 6) is 1.74. The Balaban J connectivity index is 1.70. The molecule has 0 spiro atoms. The third-order valence-corrected chi connectivity index (χ3v) is 4.76. The van der Waals surface area contributed by atoms with Crippen LogP contribution < -0.4 is 5.32 Å². The van der Waals surface area contributed by atoms with E-state index in [0.29, 0.717) is 6.04 Å². The predicted octanol–water partition coefficient (Wildman–Crippen LogP) is 4.31. The van der Waals surface area contributed by atoms with Gasteiger partial charge in [-0.1, -0.05) is 50.1 Å². The van der Waals surface area contributed by atoms with Crippen LogP contribution in [0, 0.1) is 11.8 Å². The zero-order valence-electron chi connectivity index (χ0n) is 11.4. The minimum absolute atomic E-state index is 0.608. The van der Waals surface area contributed by atoms with Crippen molar-refractivity contribution in [3.8, 4) is 0 Å². The first-order chi connectivity index (χ1) is 8.84. The van der Waals surface area contributed by atoms with Gasteiger partial charge in [-0.15, -0.1) is 0 Å². The first-order valence-corrected chi connectivity index (χ1v) is 7.65. The van der Waals surface area contributed by atoms with Gasteiger partial charge in [0.1, 0.15) is 0 Å². The van der Waals surface area contributed by atoms with E-state index >= 15 is 0 Å². The molecule has 1 heteroatoms. The summed E-state index contributed by atoms with van der Waals surface area (Å²) in [6.07, 6.45) is 8.44. The third-order valence-electron chi connectivity index (χ3n) is 4.76. The molecule has 1 aromatic carbocycles. The Hall–Kier alpha value is -0.820. The number of nitrogens with one attached hydrogen (secondary N) is 1. The van der Waals surface area contributed by atoms with E-state index in [1.807, 2.05) is 0 Å². The van der Waals surface area contributed by atoms with Crippen molar-refractivity contribution in [2.24, 2.45) is 11.8 Å². The van der Waals surface area contributed by atoms with Gasteiger partial charge in [0.15, 0.2) is 0 Å². The molecule has 1 N–H and O–H groups in total. The zero-order chi connectivity index (χ0) is 12.4. The highest BCUT2D eigenvalue weighted by Gasteiger charge is 2.34. The minimum atomic E-state index is 0.608. The average Bonchev–Trinajstić information content (AvgIpc) is 3.23. The largest absolute Gasteiger partial charge is 0.307 e. The second-order valence-electron chi connectivity index (χ2n) is 6.26. The summed E-state index contributed by atoms with van der Waals surface area (Å²) in [7, 11) is 0. The summed E-state index contributed by atoms with van der Waals surface area (Å²) in [4.78, 5) is 0. The number of rotatable bonds is 4. The number of hydrogen-bond donors (Lipinski definition) is 1. The van der Waals surface area contributed by atoms with E-state index in [-0.39, 0.29) is 0 Å². The summed E-state index contributed by atoms with van der Waals surface area (Å²) in [6, 6.07) is 12.4. The van der Waals surface area contributed by atoms with Crippen LogP contribution in [0.1, 0.15) is 57.1 Å². The maximum Gasteiger partial charge on any atom is 0.0351 e. The van der Waals surface area contributed by atoms with Crippen molar-refractivity contribution < 1.29 is 0 Å². The lowest BCUT2D eigenvalue weighted by Crippen LogP contribution is -2.40. The Bertz CT molecular complexity index is 368. The van der Waals surface area contributed by atoms with Gasteiger partial charge in [-0.25, -0.2) is 0 Å². The van der Waals surface area contributed by atoms with Gasteiger partial charge in [0.05, 0.1) is 0 Å². The summed E-state index contributed by atoms with van der Waals surface area (Å²) in [5, 5.41) is 3.98. The van der Waals surface area contributed by atoms with E-state index in [4.69, 9.17) is 0 Å². The molecule has 3 atom stereocenters. The molecule has 2 aliphatic carbocycles. The maximum absolute atomic E-state index is 3.98. The van der Waals surface area contributed by atoms with Crippen LogP contribution >= 0.6 is 0 Å². The Morgan fingerprint density at radius 1 is 1.00 bits per heavy atom. The van der Waals surface area contributed by atoms with E-state index in [9.17, 15) is 0 Å². The topological polar surface area (TPSA) is 12.0 Å². The number of benzene rings is 1. The van der Waals surface area contributed by atoms with Gasteiger partial charge in [0.25, 0.3) is 0 Å². The Labute approximate surface area is 111 Å². The zero-order valence-corrected chi connectivity index (χ0v) is 11.4. The van der Waals surface area contributed by atoms with E-state index < -0.39 is 0 Å². The molecular weight excluding hydrogens is 218 g/mol. The first-order valence-electron chi connectivity index (χ1n) is 7.65. The van der Waals surface area contributed by atoms with Crippen LogP contribution in [-0.2, 0) is 0 Å². The Morgan fingerprint density at radius 3 is 2.39 bits per heavy atom. The highest BCUT2D eigenvalue weighted by Crippen LogP contribution is 2.42. The molecule has 2 saturated carbocycles. The summed E-state index contributed by atoms with van der Waals surface area (Å²) < 4.78 is 0. The molecule has 18 heavy (non-hydrogen) atoms. The quantitative estimate of drug-likeness (QED) is 0.831. The second kappa shape index (κ2) is 5.44. The predicted molar refractivity (Wildman–Crippen MR) is 76.5 cm³/mol. The van der Waals surface area contributed by atoms with E-state index in [0.717, 1.165) is 17.9 Å². The highest BCUT2D eigenvalue weighted by molar-refractivity contribution is 5.21. The molecule has 1 nitrogen and oxygen atoms in total. The van der Waals surface area contributed by atoms with Crippen LogP contribution in [0.4, 0.5) is 0 Å². The minimum Gasteiger partial charge on any atom is -0.307 e. The molecule has 0 amide bonds. The third kappa shape index (κ3) is 2.77. The van der Waals surface area contributed by atoms with Gasteiger partial charge in [0, 0.05) is 12.1 Å². The maximum atomic E-state index is 3.98. The highest BCUT2D eigenvalue weighted by atomic mass is 15.0. The smallest absolute Gasteiger partial charge is 0.0351 e. The van der Waals surface area contributed by atoms with Gasteiger partial charge in [-0.2, -0.15) is 0 Å². The lowest BCUT2D eigenvalue weighted by molar-refractivity contribution is 0.250. The molecule has 1 aromatic rings. The van der Waals surface area contributed by atoms with Crippen molar-refractivity contribution >= 4 is 0 Å². The van der Waals surface area contributed by atoms with E-state index in [1.54, 1.807) is 0 Å². The molecular formula is C17H25N. The number of hydrogen-bond acceptors (Lipinski definition) is 1. The molecule has 2 fully saturated rings. The molecule has 0 saturated heterocycles. The van der Waals surface area contributed by atoms with Crippen molar-refractivity contribution in [2.45, 2.75) is 57.5 Å². The summed E-state index contributed by atoms with van der Waals surface area (Å²) in [5.41, 5.74) is 1.50. The van der Waals surface area contributed by atoms with Crippen molar-refractivity contribution in [3.05, 3.63) is 35.9 Å². The fourth-order valence-electron chi connectivity index (χ4n) is 3.39. The molecule has 0 aliphatic heterocycles. The SMILES string of the molecule is CC1CCCCC1NC(c1ccccc1)C1CC1. The molecule has 98 valence electrons. The van der Waals surface area contributed by atoms with Crippen LogP contribution in [0.2, 0.25) is 0 Å². The average molecular weight is 243 g/mol. The molecule has 0 bridgehead atoms. The first kappa shape index (κ1) is 12.2. The molecule has 3 unspecified atom stereocenters. The lowest BCUT2D eigenvalue weighted by atomic mass is 9.85. The molecule has 0 aromatic heterocycles. The normalized spacial score (nSPS) is 30.1. The van der Waals surface area contributed by atoms with Gasteiger partial charge in [-0.3, -0.25) is 0 Å². The Morgan fingerprint density at radius 2 is 1.72 bits per heavy atom. The fourth-order valence-corrected chi connectivity index (χ4v) is 3.39. The van der Waals surface area contributed by atoms with Crippen molar-refractivity contribution in [1.82, 2.24) is 5.32 Å². The molecule has 0 radical (unpaired) electrons. The Kier molecular flexibility index (Phi) is 3.69.